The van der Waals surface area contributed by atoms with Crippen LogP contribution in [0, 0.1) is 5.92 Å². The highest BCUT2D eigenvalue weighted by Gasteiger charge is 2.32. The zero-order valence-electron chi connectivity index (χ0n) is 12.0. The van der Waals surface area contributed by atoms with E-state index in [4.69, 9.17) is 4.74 Å². The standard InChI is InChI=1S/C15H27NO3/c1-12(17)10-14-7-3-2-4-8-16(14)15(18)13-6-5-9-19-11-13/h12-14,17H,2-11H2,1H3. The maximum absolute atomic E-state index is 12.7. The van der Waals surface area contributed by atoms with Crippen LogP contribution in [0.15, 0.2) is 0 Å². The van der Waals surface area contributed by atoms with Crippen LogP contribution in [-0.4, -0.2) is 47.8 Å². The highest BCUT2D eigenvalue weighted by molar-refractivity contribution is 5.79. The molecule has 2 aliphatic heterocycles. The van der Waals surface area contributed by atoms with Gasteiger partial charge in [-0.1, -0.05) is 12.8 Å². The second-order valence-corrected chi connectivity index (χ2v) is 6.03. The van der Waals surface area contributed by atoms with E-state index in [0.29, 0.717) is 13.0 Å². The molecule has 19 heavy (non-hydrogen) atoms. The van der Waals surface area contributed by atoms with Crippen LogP contribution in [0.4, 0.5) is 0 Å². The first-order valence-electron chi connectivity index (χ1n) is 7.74. The third-order valence-corrected chi connectivity index (χ3v) is 4.28. The number of hydrogen-bond donors (Lipinski definition) is 1. The largest absolute Gasteiger partial charge is 0.393 e. The van der Waals surface area contributed by atoms with Crippen LogP contribution >= 0.6 is 0 Å². The number of likely N-dealkylation sites (tertiary alicyclic amines) is 1. The van der Waals surface area contributed by atoms with Gasteiger partial charge in [-0.2, -0.15) is 0 Å². The molecule has 0 aliphatic carbocycles. The lowest BCUT2D eigenvalue weighted by Crippen LogP contribution is -2.46. The van der Waals surface area contributed by atoms with Crippen molar-refractivity contribution < 1.29 is 14.6 Å². The summed E-state index contributed by atoms with van der Waals surface area (Å²) in [7, 11) is 0. The van der Waals surface area contributed by atoms with E-state index in [2.05, 4.69) is 0 Å². The summed E-state index contributed by atoms with van der Waals surface area (Å²) in [4.78, 5) is 14.7. The summed E-state index contributed by atoms with van der Waals surface area (Å²) in [6.45, 7) is 4.04. The quantitative estimate of drug-likeness (QED) is 0.852. The molecule has 0 radical (unpaired) electrons. The Hall–Kier alpha value is -0.610. The number of ether oxygens (including phenoxy) is 1. The van der Waals surface area contributed by atoms with E-state index in [-0.39, 0.29) is 24.0 Å². The van der Waals surface area contributed by atoms with Crippen LogP contribution in [0.5, 0.6) is 0 Å². The van der Waals surface area contributed by atoms with Gasteiger partial charge >= 0.3 is 0 Å². The van der Waals surface area contributed by atoms with Crippen molar-refractivity contribution in [1.82, 2.24) is 4.90 Å². The lowest BCUT2D eigenvalue weighted by Gasteiger charge is -2.35. The van der Waals surface area contributed by atoms with Crippen LogP contribution in [0.3, 0.4) is 0 Å². The first-order valence-corrected chi connectivity index (χ1v) is 7.74. The van der Waals surface area contributed by atoms with Crippen LogP contribution in [0.1, 0.15) is 51.9 Å². The molecule has 2 saturated heterocycles. The molecule has 4 nitrogen and oxygen atoms in total. The highest BCUT2D eigenvalue weighted by atomic mass is 16.5. The van der Waals surface area contributed by atoms with Crippen LogP contribution in [0.2, 0.25) is 0 Å². The van der Waals surface area contributed by atoms with E-state index in [9.17, 15) is 9.90 Å². The zero-order valence-corrected chi connectivity index (χ0v) is 12.0. The average Bonchev–Trinajstić information content (AvgIpc) is 2.64. The Morgan fingerprint density at radius 1 is 1.32 bits per heavy atom. The fourth-order valence-corrected chi connectivity index (χ4v) is 3.28. The monoisotopic (exact) mass is 269 g/mol. The third kappa shape index (κ3) is 4.18. The van der Waals surface area contributed by atoms with Crippen molar-refractivity contribution in [2.45, 2.75) is 64.0 Å². The van der Waals surface area contributed by atoms with Crippen molar-refractivity contribution in [3.05, 3.63) is 0 Å². The number of amides is 1. The van der Waals surface area contributed by atoms with Crippen LogP contribution in [0.25, 0.3) is 0 Å². The molecule has 0 bridgehead atoms. The molecule has 0 aromatic rings. The van der Waals surface area contributed by atoms with Gasteiger partial charge in [-0.3, -0.25) is 4.79 Å². The fraction of sp³-hybridized carbons (Fsp3) is 0.933. The molecule has 3 unspecified atom stereocenters. The Morgan fingerprint density at radius 3 is 2.84 bits per heavy atom. The summed E-state index contributed by atoms with van der Waals surface area (Å²) in [5.41, 5.74) is 0. The number of carbonyl (C=O) groups is 1. The molecule has 1 amide bonds. The predicted molar refractivity (Wildman–Crippen MR) is 73.8 cm³/mol. The maximum atomic E-state index is 12.7. The van der Waals surface area contributed by atoms with Crippen LogP contribution in [-0.2, 0) is 9.53 Å². The van der Waals surface area contributed by atoms with Crippen molar-refractivity contribution in [1.29, 1.82) is 0 Å². The Balaban J connectivity index is 2.01. The number of aliphatic hydroxyl groups is 1. The van der Waals surface area contributed by atoms with E-state index >= 15 is 0 Å². The second-order valence-electron chi connectivity index (χ2n) is 6.03. The molecule has 3 atom stereocenters. The lowest BCUT2D eigenvalue weighted by molar-refractivity contribution is -0.142. The van der Waals surface area contributed by atoms with Crippen molar-refractivity contribution in [3.8, 4) is 0 Å². The molecular weight excluding hydrogens is 242 g/mol. The zero-order chi connectivity index (χ0) is 13.7. The van der Waals surface area contributed by atoms with E-state index in [1.54, 1.807) is 0 Å². The number of carbonyl (C=O) groups excluding carboxylic acids is 1. The second kappa shape index (κ2) is 7.25. The molecule has 0 saturated carbocycles. The van der Waals surface area contributed by atoms with Gasteiger partial charge in [0, 0.05) is 19.2 Å². The fourth-order valence-electron chi connectivity index (χ4n) is 3.28. The minimum absolute atomic E-state index is 0.0448. The first kappa shape index (κ1) is 14.8. The van der Waals surface area contributed by atoms with Gasteiger partial charge in [-0.25, -0.2) is 0 Å². The van der Waals surface area contributed by atoms with E-state index in [1.165, 1.54) is 12.8 Å². The average molecular weight is 269 g/mol. The number of hydrogen-bond acceptors (Lipinski definition) is 3. The lowest BCUT2D eigenvalue weighted by atomic mass is 9.97. The molecule has 0 aromatic carbocycles. The SMILES string of the molecule is CC(O)CC1CCCCCN1C(=O)C1CCCOC1. The smallest absolute Gasteiger partial charge is 0.228 e. The van der Waals surface area contributed by atoms with Gasteiger partial charge in [0.25, 0.3) is 0 Å². The van der Waals surface area contributed by atoms with Gasteiger partial charge in [0.15, 0.2) is 0 Å². The summed E-state index contributed by atoms with van der Waals surface area (Å²) in [5, 5.41) is 9.64. The normalized spacial score (nSPS) is 30.7. The predicted octanol–water partition coefficient (Wildman–Crippen LogP) is 1.96. The van der Waals surface area contributed by atoms with Crippen molar-refractivity contribution in [3.63, 3.8) is 0 Å². The summed E-state index contributed by atoms with van der Waals surface area (Å²) >= 11 is 0. The van der Waals surface area contributed by atoms with Gasteiger partial charge < -0.3 is 14.7 Å². The van der Waals surface area contributed by atoms with Crippen molar-refractivity contribution in [2.24, 2.45) is 5.92 Å². The summed E-state index contributed by atoms with van der Waals surface area (Å²) < 4.78 is 5.44. The van der Waals surface area contributed by atoms with Gasteiger partial charge in [0.2, 0.25) is 5.91 Å². The number of nitrogens with zero attached hydrogens (tertiary/aromatic N) is 1. The molecule has 1 N–H and O–H groups in total. The number of rotatable bonds is 3. The minimum atomic E-state index is -0.332. The number of aliphatic hydroxyl groups excluding tert-OH is 1. The molecule has 2 fully saturated rings. The van der Waals surface area contributed by atoms with E-state index in [0.717, 1.165) is 38.8 Å². The van der Waals surface area contributed by atoms with Crippen LogP contribution < -0.4 is 0 Å². The van der Waals surface area contributed by atoms with Gasteiger partial charge in [-0.15, -0.1) is 0 Å². The summed E-state index contributed by atoms with van der Waals surface area (Å²) in [6.07, 6.45) is 6.81. The molecule has 4 heteroatoms. The minimum Gasteiger partial charge on any atom is -0.393 e. The van der Waals surface area contributed by atoms with Gasteiger partial charge in [-0.05, 0) is 39.0 Å². The molecule has 110 valence electrons. The first-order chi connectivity index (χ1) is 9.18. The molecule has 0 spiro atoms. The summed E-state index contributed by atoms with van der Waals surface area (Å²) in [5.74, 6) is 0.301. The van der Waals surface area contributed by atoms with E-state index in [1.807, 2.05) is 11.8 Å². The van der Waals surface area contributed by atoms with Gasteiger partial charge in [0.1, 0.15) is 0 Å². The Bertz CT molecular complexity index is 287. The van der Waals surface area contributed by atoms with Crippen molar-refractivity contribution >= 4 is 5.91 Å². The Labute approximate surface area is 116 Å². The van der Waals surface area contributed by atoms with Gasteiger partial charge in [0.05, 0.1) is 18.6 Å². The summed E-state index contributed by atoms with van der Waals surface area (Å²) in [6, 6.07) is 0.219. The highest BCUT2D eigenvalue weighted by Crippen LogP contribution is 2.25. The topological polar surface area (TPSA) is 49.8 Å². The van der Waals surface area contributed by atoms with E-state index < -0.39 is 0 Å². The molecule has 0 aromatic heterocycles. The molecule has 2 rings (SSSR count). The molecule has 2 aliphatic rings. The molecule has 2 heterocycles. The third-order valence-electron chi connectivity index (χ3n) is 4.28. The Morgan fingerprint density at radius 2 is 2.16 bits per heavy atom. The Kier molecular flexibility index (Phi) is 5.64. The van der Waals surface area contributed by atoms with Crippen molar-refractivity contribution in [2.75, 3.05) is 19.8 Å². The maximum Gasteiger partial charge on any atom is 0.228 e. The molecular formula is C15H27NO3.